The minimum Gasteiger partial charge on any atom is -0.366 e. The average Bonchev–Trinajstić information content (AvgIpc) is 2.70. The van der Waals surface area contributed by atoms with Crippen LogP contribution in [-0.4, -0.2) is 23.4 Å². The smallest absolute Gasteiger partial charge is 0.293 e. The van der Waals surface area contributed by atoms with Crippen LogP contribution in [0.1, 0.15) is 42.5 Å². The molecular formula is C17H21N3O3. The summed E-state index contributed by atoms with van der Waals surface area (Å²) >= 11 is 0. The van der Waals surface area contributed by atoms with Crippen LogP contribution < -0.4 is 10.6 Å². The molecule has 0 aromatic heterocycles. The fraction of sp³-hybridized carbons (Fsp3) is 0.588. The highest BCUT2D eigenvalue weighted by atomic mass is 16.6. The van der Waals surface area contributed by atoms with Gasteiger partial charge in [-0.25, -0.2) is 0 Å². The monoisotopic (exact) mass is 315 g/mol. The van der Waals surface area contributed by atoms with Gasteiger partial charge in [-0.05, 0) is 62.0 Å². The summed E-state index contributed by atoms with van der Waals surface area (Å²) in [5, 5.41) is 11.5. The molecule has 5 rings (SSSR count). The van der Waals surface area contributed by atoms with Gasteiger partial charge in [0.2, 0.25) is 5.91 Å². The van der Waals surface area contributed by atoms with E-state index in [4.69, 9.17) is 5.73 Å². The summed E-state index contributed by atoms with van der Waals surface area (Å²) in [6, 6.07) is 5.04. The quantitative estimate of drug-likeness (QED) is 0.686. The zero-order chi connectivity index (χ0) is 16.1. The third-order valence-corrected chi connectivity index (χ3v) is 5.87. The second-order valence-electron chi connectivity index (χ2n) is 7.41. The topological polar surface area (TPSA) is 89.5 Å². The number of nitrogens with zero attached hydrogens (tertiary/aromatic N) is 2. The molecule has 1 aromatic rings. The van der Waals surface area contributed by atoms with Crippen molar-refractivity contribution in [2.45, 2.75) is 38.1 Å². The number of rotatable bonds is 3. The first-order valence-electron chi connectivity index (χ1n) is 8.36. The molecule has 122 valence electrons. The predicted octanol–water partition coefficient (Wildman–Crippen LogP) is 2.71. The summed E-state index contributed by atoms with van der Waals surface area (Å²) in [4.78, 5) is 24.7. The Morgan fingerprint density at radius 3 is 2.39 bits per heavy atom. The van der Waals surface area contributed by atoms with E-state index in [2.05, 4.69) is 4.90 Å². The summed E-state index contributed by atoms with van der Waals surface area (Å²) in [6.45, 7) is 0.897. The first kappa shape index (κ1) is 14.5. The second-order valence-corrected chi connectivity index (χ2v) is 7.41. The predicted molar refractivity (Wildman–Crippen MR) is 86.3 cm³/mol. The van der Waals surface area contributed by atoms with Crippen LogP contribution in [-0.2, 0) is 0 Å². The lowest BCUT2D eigenvalue weighted by atomic mass is 9.68. The van der Waals surface area contributed by atoms with E-state index in [0.717, 1.165) is 31.2 Å². The minimum absolute atomic E-state index is 0.00234. The standard InChI is InChI=1S/C17H21N3O3/c18-17(21)13-1-2-15(16(8-13)20(22)23)19-9-12-4-10-3-11(5-12)7-14(19)6-10/h1-2,8,10-12,14H,3-7,9H2,(H2,18,21). The zero-order valence-electron chi connectivity index (χ0n) is 13.0. The Bertz CT molecular complexity index is 661. The van der Waals surface area contributed by atoms with Crippen molar-refractivity contribution in [3.05, 3.63) is 33.9 Å². The second kappa shape index (κ2) is 5.22. The summed E-state index contributed by atoms with van der Waals surface area (Å²) < 4.78 is 0. The number of nitro benzene ring substituents is 1. The van der Waals surface area contributed by atoms with E-state index in [1.807, 2.05) is 0 Å². The van der Waals surface area contributed by atoms with Gasteiger partial charge in [-0.1, -0.05) is 0 Å². The Kier molecular flexibility index (Phi) is 3.28. The Hall–Kier alpha value is -2.11. The fourth-order valence-corrected chi connectivity index (χ4v) is 5.15. The van der Waals surface area contributed by atoms with Crippen LogP contribution in [0.15, 0.2) is 18.2 Å². The lowest BCUT2D eigenvalue weighted by molar-refractivity contribution is -0.384. The SMILES string of the molecule is NC(=O)c1ccc(N2CC3CC4CC(C3)CC2C4)c([N+](=O)[O-])c1. The molecule has 2 saturated heterocycles. The van der Waals surface area contributed by atoms with E-state index in [1.165, 1.54) is 25.3 Å². The third kappa shape index (κ3) is 2.46. The number of hydrogen-bond donors (Lipinski definition) is 1. The van der Waals surface area contributed by atoms with Gasteiger partial charge in [0.1, 0.15) is 5.69 Å². The van der Waals surface area contributed by atoms with Crippen molar-refractivity contribution in [2.75, 3.05) is 11.4 Å². The Labute approximate surface area is 134 Å². The van der Waals surface area contributed by atoms with Gasteiger partial charge in [0.25, 0.3) is 5.69 Å². The number of hydrogen-bond acceptors (Lipinski definition) is 4. The van der Waals surface area contributed by atoms with Gasteiger partial charge in [0, 0.05) is 24.2 Å². The van der Waals surface area contributed by atoms with Crippen LogP contribution in [0.4, 0.5) is 11.4 Å². The van der Waals surface area contributed by atoms with Gasteiger partial charge in [0.15, 0.2) is 0 Å². The lowest BCUT2D eigenvalue weighted by Crippen LogP contribution is -2.38. The van der Waals surface area contributed by atoms with Gasteiger partial charge in [0.05, 0.1) is 4.92 Å². The summed E-state index contributed by atoms with van der Waals surface area (Å²) in [7, 11) is 0. The van der Waals surface area contributed by atoms with Crippen LogP contribution in [0, 0.1) is 27.9 Å². The molecule has 4 fully saturated rings. The summed E-state index contributed by atoms with van der Waals surface area (Å²) in [6.07, 6.45) is 6.14. The molecule has 1 amide bonds. The maximum Gasteiger partial charge on any atom is 0.293 e. The molecular weight excluding hydrogens is 294 g/mol. The van der Waals surface area contributed by atoms with E-state index in [-0.39, 0.29) is 11.3 Å². The van der Waals surface area contributed by atoms with Gasteiger partial charge >= 0.3 is 0 Å². The highest BCUT2D eigenvalue weighted by Gasteiger charge is 2.43. The average molecular weight is 315 g/mol. The molecule has 6 heteroatoms. The highest BCUT2D eigenvalue weighted by molar-refractivity contribution is 5.94. The zero-order valence-corrected chi connectivity index (χ0v) is 13.0. The maximum absolute atomic E-state index is 11.5. The van der Waals surface area contributed by atoms with Crippen molar-refractivity contribution in [3.63, 3.8) is 0 Å². The van der Waals surface area contributed by atoms with Crippen molar-refractivity contribution in [1.29, 1.82) is 0 Å². The van der Waals surface area contributed by atoms with Gasteiger partial charge in [-0.15, -0.1) is 0 Å². The first-order valence-corrected chi connectivity index (χ1v) is 8.36. The summed E-state index contributed by atoms with van der Waals surface area (Å²) in [5.74, 6) is 1.58. The van der Waals surface area contributed by atoms with Crippen LogP contribution >= 0.6 is 0 Å². The maximum atomic E-state index is 11.5. The van der Waals surface area contributed by atoms with E-state index in [9.17, 15) is 14.9 Å². The van der Waals surface area contributed by atoms with E-state index in [1.54, 1.807) is 12.1 Å². The first-order chi connectivity index (χ1) is 11.0. The van der Waals surface area contributed by atoms with Crippen molar-refractivity contribution in [2.24, 2.45) is 23.5 Å². The number of fused-ring (bicyclic) bond motifs is 1. The number of amides is 1. The molecule has 4 aliphatic rings. The number of nitro groups is 1. The third-order valence-electron chi connectivity index (χ3n) is 5.87. The molecule has 2 heterocycles. The van der Waals surface area contributed by atoms with E-state index in [0.29, 0.717) is 17.6 Å². The minimum atomic E-state index is -0.629. The number of benzene rings is 1. The molecule has 0 spiro atoms. The molecule has 6 nitrogen and oxygen atoms in total. The summed E-state index contributed by atoms with van der Waals surface area (Å²) in [5.41, 5.74) is 6.12. The van der Waals surface area contributed by atoms with Crippen LogP contribution in [0.25, 0.3) is 0 Å². The molecule has 2 N–H and O–H groups in total. The highest BCUT2D eigenvalue weighted by Crippen LogP contribution is 2.49. The molecule has 1 aromatic carbocycles. The normalized spacial score (nSPS) is 31.9. The van der Waals surface area contributed by atoms with Crippen molar-refractivity contribution < 1.29 is 9.72 Å². The molecule has 4 bridgehead atoms. The molecule has 2 aliphatic carbocycles. The van der Waals surface area contributed by atoms with Gasteiger partial charge in [-0.2, -0.15) is 0 Å². The molecule has 0 radical (unpaired) electrons. The van der Waals surface area contributed by atoms with E-state index >= 15 is 0 Å². The Morgan fingerprint density at radius 2 is 1.78 bits per heavy atom. The van der Waals surface area contributed by atoms with Crippen molar-refractivity contribution in [1.82, 2.24) is 0 Å². The molecule has 2 aliphatic heterocycles. The number of primary amides is 1. The van der Waals surface area contributed by atoms with Crippen LogP contribution in [0.5, 0.6) is 0 Å². The molecule has 2 saturated carbocycles. The Balaban J connectivity index is 1.75. The molecule has 2 atom stereocenters. The number of nitrogens with two attached hydrogens (primary N) is 1. The van der Waals surface area contributed by atoms with Gasteiger partial charge < -0.3 is 10.6 Å². The van der Waals surface area contributed by atoms with Crippen molar-refractivity contribution >= 4 is 17.3 Å². The number of carbonyl (C=O) groups excluding carboxylic acids is 1. The van der Waals surface area contributed by atoms with Crippen LogP contribution in [0.2, 0.25) is 0 Å². The largest absolute Gasteiger partial charge is 0.366 e. The van der Waals surface area contributed by atoms with Crippen molar-refractivity contribution in [3.8, 4) is 0 Å². The van der Waals surface area contributed by atoms with E-state index < -0.39 is 10.8 Å². The van der Waals surface area contributed by atoms with Crippen LogP contribution in [0.3, 0.4) is 0 Å². The number of carbonyl (C=O) groups is 1. The molecule has 2 unspecified atom stereocenters. The number of anilines is 1. The molecule has 23 heavy (non-hydrogen) atoms. The lowest BCUT2D eigenvalue weighted by Gasteiger charge is -2.39. The Morgan fingerprint density at radius 1 is 1.13 bits per heavy atom. The fourth-order valence-electron chi connectivity index (χ4n) is 5.15. The van der Waals surface area contributed by atoms with Gasteiger partial charge in [-0.3, -0.25) is 14.9 Å².